The number of aromatic carboxylic acids is 1. The van der Waals surface area contributed by atoms with Crippen LogP contribution in [0.3, 0.4) is 0 Å². The molecule has 0 aliphatic rings. The first-order valence-corrected chi connectivity index (χ1v) is 6.82. The van der Waals surface area contributed by atoms with Gasteiger partial charge in [0.25, 0.3) is 0 Å². The Morgan fingerprint density at radius 1 is 1.30 bits per heavy atom. The SMILES string of the molecule is CCCc1ccc(-n2nnc(C(=O)O)c2C(C)C)cc1. The summed E-state index contributed by atoms with van der Waals surface area (Å²) in [7, 11) is 0. The minimum Gasteiger partial charge on any atom is -0.476 e. The molecule has 0 unspecified atom stereocenters. The largest absolute Gasteiger partial charge is 0.476 e. The van der Waals surface area contributed by atoms with Gasteiger partial charge in [-0.05, 0) is 30.0 Å². The van der Waals surface area contributed by atoms with E-state index in [1.807, 2.05) is 38.1 Å². The van der Waals surface area contributed by atoms with E-state index in [0.717, 1.165) is 18.5 Å². The summed E-state index contributed by atoms with van der Waals surface area (Å²) in [5.41, 5.74) is 2.76. The number of hydrogen-bond acceptors (Lipinski definition) is 3. The zero-order valence-corrected chi connectivity index (χ0v) is 12.0. The van der Waals surface area contributed by atoms with Crippen molar-refractivity contribution in [3.63, 3.8) is 0 Å². The van der Waals surface area contributed by atoms with E-state index in [-0.39, 0.29) is 11.6 Å². The van der Waals surface area contributed by atoms with Crippen molar-refractivity contribution in [1.29, 1.82) is 0 Å². The predicted octanol–water partition coefficient (Wildman–Crippen LogP) is 3.04. The molecule has 0 spiro atoms. The number of nitrogens with zero attached hydrogens (tertiary/aromatic N) is 3. The van der Waals surface area contributed by atoms with Crippen LogP contribution in [0.4, 0.5) is 0 Å². The van der Waals surface area contributed by atoms with Crippen LogP contribution in [-0.2, 0) is 6.42 Å². The predicted molar refractivity (Wildman–Crippen MR) is 76.4 cm³/mol. The lowest BCUT2D eigenvalue weighted by molar-refractivity contribution is 0.0688. The van der Waals surface area contributed by atoms with Crippen LogP contribution in [0.25, 0.3) is 5.69 Å². The molecule has 1 N–H and O–H groups in total. The standard InChI is InChI=1S/C15H19N3O2/c1-4-5-11-6-8-12(9-7-11)18-14(10(2)3)13(15(19)20)16-17-18/h6-10H,4-5H2,1-3H3,(H,19,20). The van der Waals surface area contributed by atoms with Gasteiger partial charge < -0.3 is 5.11 Å². The van der Waals surface area contributed by atoms with Crippen LogP contribution < -0.4 is 0 Å². The first-order chi connectivity index (χ1) is 9.54. The molecule has 0 aliphatic carbocycles. The maximum Gasteiger partial charge on any atom is 0.358 e. The van der Waals surface area contributed by atoms with E-state index < -0.39 is 5.97 Å². The van der Waals surface area contributed by atoms with Crippen LogP contribution in [-0.4, -0.2) is 26.1 Å². The quantitative estimate of drug-likeness (QED) is 0.909. The molecule has 2 aromatic rings. The Hall–Kier alpha value is -2.17. The molecule has 0 fully saturated rings. The lowest BCUT2D eigenvalue weighted by atomic mass is 10.1. The lowest BCUT2D eigenvalue weighted by Crippen LogP contribution is -2.08. The van der Waals surface area contributed by atoms with E-state index in [4.69, 9.17) is 0 Å². The molecule has 1 aromatic carbocycles. The van der Waals surface area contributed by atoms with Crippen molar-refractivity contribution in [2.24, 2.45) is 0 Å². The molecule has 1 aromatic heterocycles. The number of carboxylic acids is 1. The summed E-state index contributed by atoms with van der Waals surface area (Å²) in [5, 5.41) is 16.9. The van der Waals surface area contributed by atoms with E-state index >= 15 is 0 Å². The van der Waals surface area contributed by atoms with Gasteiger partial charge in [-0.25, -0.2) is 9.48 Å². The monoisotopic (exact) mass is 273 g/mol. The highest BCUT2D eigenvalue weighted by molar-refractivity contribution is 5.86. The minimum absolute atomic E-state index is 0.0256. The van der Waals surface area contributed by atoms with E-state index in [0.29, 0.717) is 5.69 Å². The van der Waals surface area contributed by atoms with Crippen LogP contribution in [0.5, 0.6) is 0 Å². The molecule has 0 saturated heterocycles. The normalized spacial score (nSPS) is 11.0. The molecule has 1 heterocycles. The molecule has 106 valence electrons. The average molecular weight is 273 g/mol. The van der Waals surface area contributed by atoms with Gasteiger partial charge in [-0.2, -0.15) is 0 Å². The van der Waals surface area contributed by atoms with E-state index in [9.17, 15) is 9.90 Å². The Bertz CT molecular complexity index is 600. The molecule has 2 rings (SSSR count). The summed E-state index contributed by atoms with van der Waals surface area (Å²) < 4.78 is 1.61. The van der Waals surface area contributed by atoms with Gasteiger partial charge in [-0.1, -0.05) is 44.5 Å². The van der Waals surface area contributed by atoms with Crippen molar-refractivity contribution in [2.45, 2.75) is 39.5 Å². The van der Waals surface area contributed by atoms with Gasteiger partial charge >= 0.3 is 5.97 Å². The van der Waals surface area contributed by atoms with E-state index in [2.05, 4.69) is 17.2 Å². The maximum atomic E-state index is 11.2. The molecule has 5 nitrogen and oxygen atoms in total. The third-order valence-electron chi connectivity index (χ3n) is 3.17. The van der Waals surface area contributed by atoms with Crippen LogP contribution in [0.1, 0.15) is 54.9 Å². The second kappa shape index (κ2) is 5.86. The molecular weight excluding hydrogens is 254 g/mol. The highest BCUT2D eigenvalue weighted by Gasteiger charge is 2.22. The van der Waals surface area contributed by atoms with Gasteiger partial charge in [0.2, 0.25) is 0 Å². The van der Waals surface area contributed by atoms with Crippen molar-refractivity contribution in [1.82, 2.24) is 15.0 Å². The lowest BCUT2D eigenvalue weighted by Gasteiger charge is -2.10. The van der Waals surface area contributed by atoms with Crippen molar-refractivity contribution in [3.8, 4) is 5.69 Å². The highest BCUT2D eigenvalue weighted by atomic mass is 16.4. The Balaban J connectivity index is 2.44. The molecule has 5 heteroatoms. The second-order valence-corrected chi connectivity index (χ2v) is 5.11. The Morgan fingerprint density at radius 3 is 2.45 bits per heavy atom. The Morgan fingerprint density at radius 2 is 1.95 bits per heavy atom. The third-order valence-corrected chi connectivity index (χ3v) is 3.17. The molecule has 0 bridgehead atoms. The van der Waals surface area contributed by atoms with Crippen molar-refractivity contribution < 1.29 is 9.90 Å². The van der Waals surface area contributed by atoms with Crippen LogP contribution in [0.2, 0.25) is 0 Å². The summed E-state index contributed by atoms with van der Waals surface area (Å²) in [4.78, 5) is 11.2. The van der Waals surface area contributed by atoms with Crippen molar-refractivity contribution in [3.05, 3.63) is 41.2 Å². The minimum atomic E-state index is -1.04. The molecule has 0 aliphatic heterocycles. The molecule has 0 radical (unpaired) electrons. The molecule has 20 heavy (non-hydrogen) atoms. The first kappa shape index (κ1) is 14.2. The smallest absolute Gasteiger partial charge is 0.358 e. The van der Waals surface area contributed by atoms with Gasteiger partial charge in [0.1, 0.15) is 0 Å². The van der Waals surface area contributed by atoms with Crippen molar-refractivity contribution in [2.75, 3.05) is 0 Å². The number of carbonyl (C=O) groups is 1. The van der Waals surface area contributed by atoms with Crippen LogP contribution in [0.15, 0.2) is 24.3 Å². The summed E-state index contributed by atoms with van der Waals surface area (Å²) in [5.74, 6) is -1.01. The first-order valence-electron chi connectivity index (χ1n) is 6.82. The summed E-state index contributed by atoms with van der Waals surface area (Å²) >= 11 is 0. The fraction of sp³-hybridized carbons (Fsp3) is 0.400. The number of aryl methyl sites for hydroxylation is 1. The summed E-state index contributed by atoms with van der Waals surface area (Å²) in [6, 6.07) is 8.00. The van der Waals surface area contributed by atoms with E-state index in [1.54, 1.807) is 4.68 Å². The number of hydrogen-bond donors (Lipinski definition) is 1. The van der Waals surface area contributed by atoms with Crippen LogP contribution in [0, 0.1) is 0 Å². The maximum absolute atomic E-state index is 11.2. The van der Waals surface area contributed by atoms with Gasteiger partial charge in [-0.15, -0.1) is 5.10 Å². The summed E-state index contributed by atoms with van der Waals surface area (Å²) in [6.07, 6.45) is 2.14. The van der Waals surface area contributed by atoms with Gasteiger partial charge in [-0.3, -0.25) is 0 Å². The number of carboxylic acid groups (broad SMARTS) is 1. The van der Waals surface area contributed by atoms with Gasteiger partial charge in [0.05, 0.1) is 11.4 Å². The van der Waals surface area contributed by atoms with E-state index in [1.165, 1.54) is 5.56 Å². The summed E-state index contributed by atoms with van der Waals surface area (Å²) in [6.45, 7) is 6.02. The Labute approximate surface area is 118 Å². The molecule has 0 atom stereocenters. The topological polar surface area (TPSA) is 68.0 Å². The third kappa shape index (κ3) is 2.71. The fourth-order valence-corrected chi connectivity index (χ4v) is 2.24. The van der Waals surface area contributed by atoms with Crippen LogP contribution >= 0.6 is 0 Å². The van der Waals surface area contributed by atoms with Crippen molar-refractivity contribution >= 4 is 5.97 Å². The Kier molecular flexibility index (Phi) is 4.17. The average Bonchev–Trinajstić information content (AvgIpc) is 2.85. The number of benzene rings is 1. The van der Waals surface area contributed by atoms with Gasteiger partial charge in [0, 0.05) is 0 Å². The zero-order chi connectivity index (χ0) is 14.7. The molecule has 0 saturated carbocycles. The number of rotatable bonds is 5. The second-order valence-electron chi connectivity index (χ2n) is 5.11. The van der Waals surface area contributed by atoms with Gasteiger partial charge in [0.15, 0.2) is 5.69 Å². The number of aromatic nitrogens is 3. The highest BCUT2D eigenvalue weighted by Crippen LogP contribution is 2.21. The fourth-order valence-electron chi connectivity index (χ4n) is 2.24. The molecule has 0 amide bonds. The molecular formula is C15H19N3O2. The zero-order valence-electron chi connectivity index (χ0n) is 12.0.